The highest BCUT2D eigenvalue weighted by Gasteiger charge is 2.18. The molecule has 3 nitrogen and oxygen atoms in total. The molecule has 0 unspecified atom stereocenters. The van der Waals surface area contributed by atoms with Crippen LogP contribution in [0.4, 0.5) is 0 Å². The first kappa shape index (κ1) is 16.4. The summed E-state index contributed by atoms with van der Waals surface area (Å²) in [5.41, 5.74) is 1.94. The molecule has 2 aromatic rings. The Bertz CT molecular complexity index is 702. The average Bonchev–Trinajstić information content (AvgIpc) is 2.46. The molecule has 0 aromatic heterocycles. The zero-order valence-corrected chi connectivity index (χ0v) is 14.2. The fourth-order valence-electron chi connectivity index (χ4n) is 1.72. The van der Waals surface area contributed by atoms with E-state index in [2.05, 4.69) is 4.40 Å². The highest BCUT2D eigenvalue weighted by atomic mass is 32.2. The van der Waals surface area contributed by atoms with E-state index in [-0.39, 0.29) is 4.75 Å². The molecule has 0 aliphatic rings. The van der Waals surface area contributed by atoms with Crippen LogP contribution in [0.1, 0.15) is 31.9 Å². The molecule has 22 heavy (non-hydrogen) atoms. The molecule has 1 atom stereocenters. The summed E-state index contributed by atoms with van der Waals surface area (Å²) in [6.07, 6.45) is 1.63. The third kappa shape index (κ3) is 4.53. The maximum atomic E-state index is 11.9. The summed E-state index contributed by atoms with van der Waals surface area (Å²) in [6.45, 7) is 7.71. The van der Waals surface area contributed by atoms with E-state index >= 15 is 0 Å². The number of nitrogens with zero attached hydrogens (tertiary/aromatic N) is 1. The quantitative estimate of drug-likeness (QED) is 0.769. The third-order valence-electron chi connectivity index (χ3n) is 3.00. The fraction of sp³-hybridized carbons (Fsp3) is 0.278. The number of hydrogen-bond donors (Lipinski definition) is 0. The summed E-state index contributed by atoms with van der Waals surface area (Å²) in [7, 11) is -1.26. The van der Waals surface area contributed by atoms with E-state index in [9.17, 15) is 4.21 Å². The third-order valence-corrected chi connectivity index (χ3v) is 4.35. The van der Waals surface area contributed by atoms with Crippen LogP contribution in [-0.4, -0.2) is 15.2 Å². The van der Waals surface area contributed by atoms with Gasteiger partial charge in [0.1, 0.15) is 22.5 Å². The van der Waals surface area contributed by atoms with Gasteiger partial charge in [0, 0.05) is 6.21 Å². The molecular formula is C18H21NO2S. The summed E-state index contributed by atoms with van der Waals surface area (Å²) < 4.78 is 21.6. The second-order valence-electron chi connectivity index (χ2n) is 6.04. The fourth-order valence-corrected chi connectivity index (χ4v) is 2.26. The van der Waals surface area contributed by atoms with Crippen molar-refractivity contribution in [3.63, 3.8) is 0 Å². The van der Waals surface area contributed by atoms with Gasteiger partial charge in [0.2, 0.25) is 0 Å². The molecule has 0 aliphatic carbocycles. The van der Waals surface area contributed by atoms with E-state index in [1.165, 1.54) is 0 Å². The van der Waals surface area contributed by atoms with Gasteiger partial charge in [-0.15, -0.1) is 0 Å². The van der Waals surface area contributed by atoms with Gasteiger partial charge in [0.05, 0.1) is 4.75 Å². The minimum atomic E-state index is -1.26. The van der Waals surface area contributed by atoms with Crippen molar-refractivity contribution in [2.24, 2.45) is 4.40 Å². The molecule has 0 aliphatic heterocycles. The normalized spacial score (nSPS) is 13.3. The van der Waals surface area contributed by atoms with Gasteiger partial charge in [-0.3, -0.25) is 0 Å². The molecule has 4 heteroatoms. The van der Waals surface area contributed by atoms with Gasteiger partial charge >= 0.3 is 0 Å². The van der Waals surface area contributed by atoms with Crippen molar-refractivity contribution >= 4 is 17.2 Å². The molecule has 2 rings (SSSR count). The van der Waals surface area contributed by atoms with Crippen molar-refractivity contribution in [1.82, 2.24) is 0 Å². The summed E-state index contributed by atoms with van der Waals surface area (Å²) in [5.74, 6) is 1.56. The number of aryl methyl sites for hydroxylation is 1. The zero-order chi connectivity index (χ0) is 16.2. The molecular weight excluding hydrogens is 294 g/mol. The Balaban J connectivity index is 2.16. The van der Waals surface area contributed by atoms with Crippen molar-refractivity contribution in [1.29, 1.82) is 0 Å². The van der Waals surface area contributed by atoms with Gasteiger partial charge in [-0.05, 0) is 57.0 Å². The molecule has 0 fully saturated rings. The maximum Gasteiger partial charge on any atom is 0.144 e. The van der Waals surface area contributed by atoms with Gasteiger partial charge in [-0.1, -0.05) is 30.3 Å². The van der Waals surface area contributed by atoms with Crippen molar-refractivity contribution in [2.45, 2.75) is 32.4 Å². The number of hydrogen-bond acceptors (Lipinski definition) is 2. The van der Waals surface area contributed by atoms with Crippen LogP contribution in [0.2, 0.25) is 0 Å². The van der Waals surface area contributed by atoms with Crippen LogP contribution in [0.15, 0.2) is 52.9 Å². The van der Waals surface area contributed by atoms with Gasteiger partial charge in [0.15, 0.2) is 0 Å². The standard InChI is InChI=1S/C18H21NO2S/c1-14-8-5-6-11-17(14)21-16-10-7-9-15(12-16)13-19-22(20)18(2,3)4/h5-13H,1-4H3/b19-13+/t22-/m1/s1. The molecule has 0 N–H and O–H groups in total. The Morgan fingerprint density at radius 2 is 1.82 bits per heavy atom. The summed E-state index contributed by atoms with van der Waals surface area (Å²) in [4.78, 5) is 0. The van der Waals surface area contributed by atoms with Crippen LogP contribution >= 0.6 is 0 Å². The highest BCUT2D eigenvalue weighted by molar-refractivity contribution is 7.85. The molecule has 0 bridgehead atoms. The van der Waals surface area contributed by atoms with E-state index in [1.807, 2.05) is 76.2 Å². The van der Waals surface area contributed by atoms with Crippen LogP contribution < -0.4 is 4.74 Å². The van der Waals surface area contributed by atoms with E-state index < -0.39 is 11.0 Å². The predicted molar refractivity (Wildman–Crippen MR) is 93.2 cm³/mol. The van der Waals surface area contributed by atoms with E-state index in [0.29, 0.717) is 0 Å². The zero-order valence-electron chi connectivity index (χ0n) is 13.4. The van der Waals surface area contributed by atoms with E-state index in [1.54, 1.807) is 6.21 Å². The lowest BCUT2D eigenvalue weighted by atomic mass is 10.2. The molecule has 0 saturated heterocycles. The molecule has 116 valence electrons. The Morgan fingerprint density at radius 3 is 2.50 bits per heavy atom. The van der Waals surface area contributed by atoms with Crippen molar-refractivity contribution < 1.29 is 8.95 Å². The van der Waals surface area contributed by atoms with Crippen LogP contribution in [0.3, 0.4) is 0 Å². The first-order valence-corrected chi connectivity index (χ1v) is 8.26. The minimum Gasteiger partial charge on any atom is -0.457 e. The Kier molecular flexibility index (Phi) is 5.14. The van der Waals surface area contributed by atoms with E-state index in [0.717, 1.165) is 22.6 Å². The average molecular weight is 315 g/mol. The molecule has 2 aromatic carbocycles. The van der Waals surface area contributed by atoms with Crippen LogP contribution in [-0.2, 0) is 11.0 Å². The van der Waals surface area contributed by atoms with Crippen molar-refractivity contribution in [3.05, 3.63) is 59.7 Å². The van der Waals surface area contributed by atoms with Gasteiger partial charge in [-0.25, -0.2) is 4.21 Å². The topological polar surface area (TPSA) is 38.7 Å². The lowest BCUT2D eigenvalue weighted by Gasteiger charge is -2.12. The second kappa shape index (κ2) is 6.88. The molecule has 0 spiro atoms. The lowest BCUT2D eigenvalue weighted by molar-refractivity contribution is 0.479. The van der Waals surface area contributed by atoms with Crippen LogP contribution in [0.5, 0.6) is 11.5 Å². The van der Waals surface area contributed by atoms with Gasteiger partial charge in [0.25, 0.3) is 0 Å². The first-order valence-electron chi connectivity index (χ1n) is 7.16. The van der Waals surface area contributed by atoms with Gasteiger partial charge < -0.3 is 4.74 Å². The largest absolute Gasteiger partial charge is 0.457 e. The minimum absolute atomic E-state index is 0.355. The second-order valence-corrected chi connectivity index (χ2v) is 7.97. The van der Waals surface area contributed by atoms with Crippen molar-refractivity contribution in [3.8, 4) is 11.5 Å². The molecule has 0 radical (unpaired) electrons. The first-order chi connectivity index (χ1) is 10.4. The lowest BCUT2D eigenvalue weighted by Crippen LogP contribution is -2.19. The van der Waals surface area contributed by atoms with Crippen LogP contribution in [0, 0.1) is 6.92 Å². The Morgan fingerprint density at radius 1 is 1.09 bits per heavy atom. The van der Waals surface area contributed by atoms with Crippen LogP contribution in [0.25, 0.3) is 0 Å². The maximum absolute atomic E-state index is 11.9. The molecule has 0 amide bonds. The SMILES string of the molecule is Cc1ccccc1Oc1cccc(/C=N/[S@](=O)C(C)(C)C)c1. The number of benzene rings is 2. The van der Waals surface area contributed by atoms with Gasteiger partial charge in [-0.2, -0.15) is 4.40 Å². The number of ether oxygens (including phenoxy) is 1. The monoisotopic (exact) mass is 315 g/mol. The Hall–Kier alpha value is -1.94. The smallest absolute Gasteiger partial charge is 0.144 e. The highest BCUT2D eigenvalue weighted by Crippen LogP contribution is 2.25. The number of para-hydroxylation sites is 1. The number of rotatable bonds is 4. The summed E-state index contributed by atoms with van der Waals surface area (Å²) in [5, 5.41) is 0. The summed E-state index contributed by atoms with van der Waals surface area (Å²) in [6, 6.07) is 15.5. The predicted octanol–water partition coefficient (Wildman–Crippen LogP) is 4.67. The Labute approximate surface area is 134 Å². The molecule has 0 heterocycles. The van der Waals surface area contributed by atoms with E-state index in [4.69, 9.17) is 4.74 Å². The molecule has 0 saturated carbocycles. The van der Waals surface area contributed by atoms with Crippen molar-refractivity contribution in [2.75, 3.05) is 0 Å². The summed E-state index contributed by atoms with van der Waals surface area (Å²) >= 11 is 0.